The molecule has 1 aliphatic heterocycles. The van der Waals surface area contributed by atoms with Crippen LogP contribution in [0.3, 0.4) is 0 Å². The van der Waals surface area contributed by atoms with Gasteiger partial charge in [0.05, 0.1) is 19.3 Å². The van der Waals surface area contributed by atoms with Crippen molar-refractivity contribution in [3.63, 3.8) is 0 Å². The number of likely N-dealkylation sites (tertiary alicyclic amines) is 1. The normalized spacial score (nSPS) is 27.4. The van der Waals surface area contributed by atoms with Gasteiger partial charge in [-0.05, 0) is 6.42 Å². The average Bonchev–Trinajstić information content (AvgIpc) is 2.76. The van der Waals surface area contributed by atoms with Crippen LogP contribution in [0.25, 0.3) is 0 Å². The molecule has 6 heteroatoms. The van der Waals surface area contributed by atoms with Gasteiger partial charge in [0.25, 0.3) is 0 Å². The van der Waals surface area contributed by atoms with Gasteiger partial charge >= 0.3 is 0 Å². The Kier molecular flexibility index (Phi) is 3.27. The standard InChI is InChI=1S/C9H13ClN2O2S/c10-7-3-11-8(15-7)4-12-2-1-9(14,5-12)6-13/h3,13-14H,1-2,4-6H2. The van der Waals surface area contributed by atoms with Crippen LogP contribution < -0.4 is 0 Å². The highest BCUT2D eigenvalue weighted by molar-refractivity contribution is 7.15. The molecule has 2 N–H and O–H groups in total. The first-order valence-electron chi connectivity index (χ1n) is 4.77. The van der Waals surface area contributed by atoms with E-state index in [1.807, 2.05) is 0 Å². The van der Waals surface area contributed by atoms with E-state index in [0.717, 1.165) is 11.6 Å². The van der Waals surface area contributed by atoms with Crippen molar-refractivity contribution in [3.8, 4) is 0 Å². The Morgan fingerprint density at radius 2 is 2.47 bits per heavy atom. The Morgan fingerprint density at radius 1 is 1.67 bits per heavy atom. The second kappa shape index (κ2) is 4.35. The zero-order valence-corrected chi connectivity index (χ0v) is 9.76. The van der Waals surface area contributed by atoms with E-state index in [0.29, 0.717) is 23.8 Å². The summed E-state index contributed by atoms with van der Waals surface area (Å²) < 4.78 is 0.682. The number of hydrogen-bond acceptors (Lipinski definition) is 5. The van der Waals surface area contributed by atoms with E-state index in [1.54, 1.807) is 6.20 Å². The zero-order valence-electron chi connectivity index (χ0n) is 8.19. The van der Waals surface area contributed by atoms with Gasteiger partial charge in [0.15, 0.2) is 0 Å². The van der Waals surface area contributed by atoms with Gasteiger partial charge in [0, 0.05) is 13.1 Å². The first kappa shape index (κ1) is 11.3. The molecule has 1 fully saturated rings. The van der Waals surface area contributed by atoms with Gasteiger partial charge in [0.2, 0.25) is 0 Å². The third-order valence-corrected chi connectivity index (χ3v) is 3.69. The summed E-state index contributed by atoms with van der Waals surface area (Å²) in [6.07, 6.45) is 2.25. The molecule has 2 heterocycles. The van der Waals surface area contributed by atoms with Crippen molar-refractivity contribution in [2.24, 2.45) is 0 Å². The molecule has 2 rings (SSSR count). The lowest BCUT2D eigenvalue weighted by Crippen LogP contribution is -2.36. The Morgan fingerprint density at radius 3 is 3.00 bits per heavy atom. The topological polar surface area (TPSA) is 56.6 Å². The van der Waals surface area contributed by atoms with Gasteiger partial charge in [0.1, 0.15) is 14.9 Å². The summed E-state index contributed by atoms with van der Waals surface area (Å²) in [6.45, 7) is 1.80. The largest absolute Gasteiger partial charge is 0.393 e. The van der Waals surface area contributed by atoms with Gasteiger partial charge in [-0.3, -0.25) is 4.90 Å². The Labute approximate surface area is 97.1 Å². The van der Waals surface area contributed by atoms with Gasteiger partial charge in [-0.25, -0.2) is 4.98 Å². The van der Waals surface area contributed by atoms with E-state index < -0.39 is 5.60 Å². The minimum Gasteiger partial charge on any atom is -0.393 e. The fourth-order valence-electron chi connectivity index (χ4n) is 1.76. The maximum Gasteiger partial charge on any atom is 0.113 e. The summed E-state index contributed by atoms with van der Waals surface area (Å²) in [5, 5.41) is 19.8. The minimum absolute atomic E-state index is 0.178. The Balaban J connectivity index is 1.92. The fourth-order valence-corrected chi connectivity index (χ4v) is 2.76. The summed E-state index contributed by atoms with van der Waals surface area (Å²) in [6, 6.07) is 0. The van der Waals surface area contributed by atoms with E-state index in [4.69, 9.17) is 16.7 Å². The average molecular weight is 249 g/mol. The highest BCUT2D eigenvalue weighted by atomic mass is 35.5. The number of halogens is 1. The molecule has 0 radical (unpaired) electrons. The van der Waals surface area contributed by atoms with Crippen LogP contribution in [-0.4, -0.2) is 45.4 Å². The molecule has 0 aliphatic carbocycles. The molecular formula is C9H13ClN2O2S. The van der Waals surface area contributed by atoms with E-state index in [-0.39, 0.29) is 6.61 Å². The van der Waals surface area contributed by atoms with Gasteiger partial charge in [-0.1, -0.05) is 11.6 Å². The van der Waals surface area contributed by atoms with Crippen molar-refractivity contribution in [3.05, 3.63) is 15.5 Å². The van der Waals surface area contributed by atoms with Crippen molar-refractivity contribution in [2.75, 3.05) is 19.7 Å². The summed E-state index contributed by atoms with van der Waals surface area (Å²) in [7, 11) is 0. The van der Waals surface area contributed by atoms with Gasteiger partial charge < -0.3 is 10.2 Å². The first-order valence-corrected chi connectivity index (χ1v) is 5.96. The molecule has 0 aromatic carbocycles. The van der Waals surface area contributed by atoms with Crippen LogP contribution in [0.4, 0.5) is 0 Å². The monoisotopic (exact) mass is 248 g/mol. The third kappa shape index (κ3) is 2.68. The maximum absolute atomic E-state index is 9.82. The molecule has 4 nitrogen and oxygen atoms in total. The number of aliphatic hydroxyl groups is 2. The molecule has 1 aromatic rings. The van der Waals surface area contributed by atoms with Gasteiger partial charge in [-0.15, -0.1) is 11.3 Å². The summed E-state index contributed by atoms with van der Waals surface area (Å²) in [5.41, 5.74) is -0.930. The summed E-state index contributed by atoms with van der Waals surface area (Å²) >= 11 is 7.23. The Bertz CT molecular complexity index is 347. The quantitative estimate of drug-likeness (QED) is 0.828. The third-order valence-electron chi connectivity index (χ3n) is 2.59. The van der Waals surface area contributed by atoms with Crippen molar-refractivity contribution < 1.29 is 10.2 Å². The number of hydrogen-bond donors (Lipinski definition) is 2. The second-order valence-corrected chi connectivity index (χ2v) is 5.65. The predicted octanol–water partition coefficient (Wildman–Crippen LogP) is 0.726. The molecule has 84 valence electrons. The van der Waals surface area contributed by atoms with E-state index >= 15 is 0 Å². The van der Waals surface area contributed by atoms with Crippen LogP contribution in [0, 0.1) is 0 Å². The van der Waals surface area contributed by atoms with Crippen LogP contribution in [0.15, 0.2) is 6.20 Å². The first-order chi connectivity index (χ1) is 7.11. The van der Waals surface area contributed by atoms with Crippen LogP contribution in [0.1, 0.15) is 11.4 Å². The lowest BCUT2D eigenvalue weighted by molar-refractivity contribution is -0.00580. The zero-order chi connectivity index (χ0) is 10.9. The molecular weight excluding hydrogens is 236 g/mol. The molecule has 0 amide bonds. The molecule has 1 unspecified atom stereocenters. The molecule has 0 saturated carbocycles. The van der Waals surface area contributed by atoms with Crippen molar-refractivity contribution in [1.82, 2.24) is 9.88 Å². The van der Waals surface area contributed by atoms with Crippen LogP contribution in [0.2, 0.25) is 4.34 Å². The van der Waals surface area contributed by atoms with Gasteiger partial charge in [-0.2, -0.15) is 0 Å². The smallest absolute Gasteiger partial charge is 0.113 e. The number of aliphatic hydroxyl groups excluding tert-OH is 1. The van der Waals surface area contributed by atoms with E-state index in [2.05, 4.69) is 9.88 Å². The highest BCUT2D eigenvalue weighted by Gasteiger charge is 2.35. The fraction of sp³-hybridized carbons (Fsp3) is 0.667. The highest BCUT2D eigenvalue weighted by Crippen LogP contribution is 2.25. The molecule has 0 bridgehead atoms. The number of rotatable bonds is 3. The van der Waals surface area contributed by atoms with Crippen molar-refractivity contribution in [2.45, 2.75) is 18.6 Å². The summed E-state index contributed by atoms with van der Waals surface area (Å²) in [4.78, 5) is 6.23. The molecule has 1 aromatic heterocycles. The second-order valence-electron chi connectivity index (χ2n) is 3.90. The predicted molar refractivity (Wildman–Crippen MR) is 59.1 cm³/mol. The van der Waals surface area contributed by atoms with Crippen molar-refractivity contribution >= 4 is 22.9 Å². The molecule has 15 heavy (non-hydrogen) atoms. The maximum atomic E-state index is 9.82. The lowest BCUT2D eigenvalue weighted by atomic mass is 10.1. The molecule has 1 saturated heterocycles. The molecule has 1 atom stereocenters. The number of aromatic nitrogens is 1. The SMILES string of the molecule is OCC1(O)CCN(Cc2ncc(Cl)s2)C1. The lowest BCUT2D eigenvalue weighted by Gasteiger charge is -2.19. The molecule has 0 spiro atoms. The number of thiazole rings is 1. The summed E-state index contributed by atoms with van der Waals surface area (Å²) in [5.74, 6) is 0. The van der Waals surface area contributed by atoms with Crippen LogP contribution >= 0.6 is 22.9 Å². The number of β-amino-alcohol motifs (C(OH)–C–C–N with tert-alkyl or cyclic N) is 1. The van der Waals surface area contributed by atoms with Crippen LogP contribution in [-0.2, 0) is 6.54 Å². The van der Waals surface area contributed by atoms with Crippen LogP contribution in [0.5, 0.6) is 0 Å². The number of nitrogens with zero attached hydrogens (tertiary/aromatic N) is 2. The minimum atomic E-state index is -0.930. The van der Waals surface area contributed by atoms with E-state index in [1.165, 1.54) is 11.3 Å². The van der Waals surface area contributed by atoms with E-state index in [9.17, 15) is 5.11 Å². The Hall–Kier alpha value is -0.200. The molecule has 1 aliphatic rings. The van der Waals surface area contributed by atoms with Crippen molar-refractivity contribution in [1.29, 1.82) is 0 Å².